The molecule has 1 saturated heterocycles. The molecule has 1 aliphatic rings. The van der Waals surface area contributed by atoms with E-state index in [1.54, 1.807) is 0 Å². The van der Waals surface area contributed by atoms with Crippen LogP contribution >= 0.6 is 0 Å². The van der Waals surface area contributed by atoms with Crippen LogP contribution in [0.3, 0.4) is 0 Å². The van der Waals surface area contributed by atoms with Crippen molar-refractivity contribution < 1.29 is 4.74 Å². The van der Waals surface area contributed by atoms with Crippen LogP contribution in [0.4, 0.5) is 0 Å². The number of rotatable bonds is 5. The molecule has 1 fully saturated rings. The lowest BCUT2D eigenvalue weighted by molar-refractivity contribution is -0.0717. The maximum absolute atomic E-state index is 5.95. The Morgan fingerprint density at radius 2 is 2.32 bits per heavy atom. The maximum Gasteiger partial charge on any atom is 0.0911 e. The fourth-order valence-electron chi connectivity index (χ4n) is 2.73. The van der Waals surface area contributed by atoms with E-state index >= 15 is 0 Å². The van der Waals surface area contributed by atoms with Crippen molar-refractivity contribution in [1.82, 2.24) is 15.2 Å². The van der Waals surface area contributed by atoms with Gasteiger partial charge in [0.15, 0.2) is 0 Å². The van der Waals surface area contributed by atoms with E-state index in [0.717, 1.165) is 38.4 Å². The van der Waals surface area contributed by atoms with Gasteiger partial charge >= 0.3 is 0 Å². The second-order valence-electron chi connectivity index (χ2n) is 5.21. The molecule has 0 radical (unpaired) electrons. The number of ether oxygens (including phenoxy) is 1. The van der Waals surface area contributed by atoms with Crippen molar-refractivity contribution >= 4 is 0 Å². The fourth-order valence-corrected chi connectivity index (χ4v) is 2.73. The number of aromatic nitrogens is 1. The highest BCUT2D eigenvalue weighted by atomic mass is 16.5. The molecule has 0 spiro atoms. The summed E-state index contributed by atoms with van der Waals surface area (Å²) >= 11 is 0. The molecular weight excluding hydrogens is 238 g/mol. The fraction of sp³-hybridized carbons (Fsp3) is 0.667. The summed E-state index contributed by atoms with van der Waals surface area (Å²) in [5.74, 6) is 0. The lowest BCUT2D eigenvalue weighted by Crippen LogP contribution is -2.49. The van der Waals surface area contributed by atoms with Gasteiger partial charge in [-0.05, 0) is 38.6 Å². The van der Waals surface area contributed by atoms with Crippen LogP contribution in [0, 0.1) is 6.92 Å². The molecule has 1 aliphatic heterocycles. The maximum atomic E-state index is 5.95. The first-order valence-corrected chi connectivity index (χ1v) is 7.19. The quantitative estimate of drug-likeness (QED) is 0.878. The largest absolute Gasteiger partial charge is 0.374 e. The molecule has 0 aliphatic carbocycles. The summed E-state index contributed by atoms with van der Waals surface area (Å²) in [6, 6.07) is 4.54. The lowest BCUT2D eigenvalue weighted by atomic mass is 10.0. The Hall–Kier alpha value is -0.970. The molecule has 106 valence electrons. The van der Waals surface area contributed by atoms with E-state index in [-0.39, 0.29) is 12.1 Å². The number of hydrogen-bond acceptors (Lipinski definition) is 4. The van der Waals surface area contributed by atoms with Crippen LogP contribution in [0.2, 0.25) is 0 Å². The number of aryl methyl sites for hydroxylation is 1. The van der Waals surface area contributed by atoms with Crippen molar-refractivity contribution in [3.63, 3.8) is 0 Å². The molecule has 0 amide bonds. The molecule has 2 unspecified atom stereocenters. The van der Waals surface area contributed by atoms with Gasteiger partial charge < -0.3 is 10.1 Å². The van der Waals surface area contributed by atoms with Crippen LogP contribution in [-0.4, -0.2) is 49.3 Å². The van der Waals surface area contributed by atoms with Crippen molar-refractivity contribution in [2.45, 2.75) is 32.4 Å². The molecular formula is C15H25N3O. The summed E-state index contributed by atoms with van der Waals surface area (Å²) in [5, 5.41) is 3.23. The summed E-state index contributed by atoms with van der Waals surface area (Å²) in [4.78, 5) is 7.12. The topological polar surface area (TPSA) is 37.4 Å². The Morgan fingerprint density at radius 3 is 2.95 bits per heavy atom. The van der Waals surface area contributed by atoms with Crippen LogP contribution in [0.1, 0.15) is 30.6 Å². The molecule has 4 heteroatoms. The molecule has 0 aromatic carbocycles. The van der Waals surface area contributed by atoms with Gasteiger partial charge in [0.2, 0.25) is 0 Å². The van der Waals surface area contributed by atoms with Crippen molar-refractivity contribution in [3.05, 3.63) is 29.6 Å². The Balaban J connectivity index is 2.23. The first-order valence-electron chi connectivity index (χ1n) is 7.19. The minimum atomic E-state index is 0.181. The highest BCUT2D eigenvalue weighted by Gasteiger charge is 2.33. The van der Waals surface area contributed by atoms with Gasteiger partial charge in [-0.15, -0.1) is 0 Å². The van der Waals surface area contributed by atoms with E-state index in [1.807, 2.05) is 13.2 Å². The summed E-state index contributed by atoms with van der Waals surface area (Å²) in [7, 11) is 1.97. The smallest absolute Gasteiger partial charge is 0.0911 e. The van der Waals surface area contributed by atoms with Gasteiger partial charge in [-0.3, -0.25) is 9.88 Å². The molecule has 1 aromatic heterocycles. The normalized spacial score (nSPS) is 24.6. The second-order valence-corrected chi connectivity index (χ2v) is 5.21. The number of hydrogen-bond donors (Lipinski definition) is 1. The number of nitrogens with one attached hydrogen (secondary N) is 1. The molecule has 0 bridgehead atoms. The predicted octanol–water partition coefficient (Wildman–Crippen LogP) is 1.76. The van der Waals surface area contributed by atoms with E-state index < -0.39 is 0 Å². The molecule has 1 N–H and O–H groups in total. The predicted molar refractivity (Wildman–Crippen MR) is 77.2 cm³/mol. The average Bonchev–Trinajstić information content (AvgIpc) is 2.41. The van der Waals surface area contributed by atoms with Crippen LogP contribution in [0.15, 0.2) is 18.3 Å². The minimum absolute atomic E-state index is 0.181. The van der Waals surface area contributed by atoms with Gasteiger partial charge in [0.05, 0.1) is 24.4 Å². The minimum Gasteiger partial charge on any atom is -0.374 e. The van der Waals surface area contributed by atoms with E-state index in [9.17, 15) is 0 Å². The van der Waals surface area contributed by atoms with Crippen LogP contribution in [0.25, 0.3) is 0 Å². The molecule has 1 aromatic rings. The number of nitrogens with zero attached hydrogens (tertiary/aromatic N) is 2. The molecule has 2 heterocycles. The van der Waals surface area contributed by atoms with Crippen LogP contribution in [-0.2, 0) is 4.74 Å². The summed E-state index contributed by atoms with van der Waals surface area (Å²) < 4.78 is 5.95. The SMILES string of the molecule is CCCN1CCOC(CNC)C1c1ccc(C)cn1. The van der Waals surface area contributed by atoms with Gasteiger partial charge in [0, 0.05) is 19.3 Å². The van der Waals surface area contributed by atoms with Gasteiger partial charge in [-0.25, -0.2) is 0 Å². The Morgan fingerprint density at radius 1 is 1.47 bits per heavy atom. The Bertz CT molecular complexity index is 361. The summed E-state index contributed by atoms with van der Waals surface area (Å²) in [6.45, 7) is 8.07. The van der Waals surface area contributed by atoms with E-state index in [4.69, 9.17) is 4.74 Å². The zero-order valence-electron chi connectivity index (χ0n) is 12.2. The lowest BCUT2D eigenvalue weighted by Gasteiger charge is -2.40. The number of morpholine rings is 1. The van der Waals surface area contributed by atoms with E-state index in [0.29, 0.717) is 0 Å². The third kappa shape index (κ3) is 3.53. The van der Waals surface area contributed by atoms with Crippen molar-refractivity contribution in [1.29, 1.82) is 0 Å². The summed E-state index contributed by atoms with van der Waals surface area (Å²) in [6.07, 6.45) is 3.29. The van der Waals surface area contributed by atoms with Gasteiger partial charge in [0.1, 0.15) is 0 Å². The van der Waals surface area contributed by atoms with Crippen molar-refractivity contribution in [2.24, 2.45) is 0 Å². The zero-order valence-corrected chi connectivity index (χ0v) is 12.2. The van der Waals surface area contributed by atoms with Gasteiger partial charge in [0.25, 0.3) is 0 Å². The summed E-state index contributed by atoms with van der Waals surface area (Å²) in [5.41, 5.74) is 2.33. The van der Waals surface area contributed by atoms with Crippen LogP contribution in [0.5, 0.6) is 0 Å². The first-order chi connectivity index (χ1) is 9.26. The highest BCUT2D eigenvalue weighted by molar-refractivity contribution is 5.17. The number of pyridine rings is 1. The van der Waals surface area contributed by atoms with Crippen LogP contribution < -0.4 is 5.32 Å². The molecule has 0 saturated carbocycles. The molecule has 2 rings (SSSR count). The van der Waals surface area contributed by atoms with E-state index in [1.165, 1.54) is 5.56 Å². The Labute approximate surface area is 116 Å². The second kappa shape index (κ2) is 6.98. The third-order valence-corrected chi connectivity index (χ3v) is 3.61. The third-order valence-electron chi connectivity index (χ3n) is 3.61. The standard InChI is InChI=1S/C15H25N3O/c1-4-7-18-8-9-19-14(11-16-3)15(18)13-6-5-12(2)10-17-13/h5-6,10,14-16H,4,7-9,11H2,1-3H3. The van der Waals surface area contributed by atoms with Gasteiger partial charge in [-0.1, -0.05) is 13.0 Å². The number of likely N-dealkylation sites (N-methyl/N-ethyl adjacent to an activating group) is 1. The molecule has 19 heavy (non-hydrogen) atoms. The van der Waals surface area contributed by atoms with Crippen molar-refractivity contribution in [2.75, 3.05) is 33.3 Å². The molecule has 4 nitrogen and oxygen atoms in total. The average molecular weight is 263 g/mol. The molecule has 2 atom stereocenters. The first kappa shape index (κ1) is 14.4. The van der Waals surface area contributed by atoms with Gasteiger partial charge in [-0.2, -0.15) is 0 Å². The zero-order chi connectivity index (χ0) is 13.7. The van der Waals surface area contributed by atoms with E-state index in [2.05, 4.69) is 41.2 Å². The van der Waals surface area contributed by atoms with Crippen molar-refractivity contribution in [3.8, 4) is 0 Å². The highest BCUT2D eigenvalue weighted by Crippen LogP contribution is 2.28. The monoisotopic (exact) mass is 263 g/mol. The Kier molecular flexibility index (Phi) is 5.31.